The third-order valence-corrected chi connectivity index (χ3v) is 5.70. The van der Waals surface area contributed by atoms with Crippen molar-refractivity contribution in [2.45, 2.75) is 262 Å². The Morgan fingerprint density at radius 2 is 0.419 bits per heavy atom. The molecule has 0 aliphatic heterocycles. The standard InChI is InChI=1S/C23H48.20CH4/c1-18(2)13-9-11-15-22(20(5)6)17-23(21(7)8)16-12-10-14-19(3)4;;;;;;;;;;;;;;;;;;;;/h18-23H,9-17H2,1-8H3;20*1H4. The van der Waals surface area contributed by atoms with Crippen LogP contribution in [0.3, 0.4) is 0 Å². The third-order valence-electron chi connectivity index (χ3n) is 5.70. The van der Waals surface area contributed by atoms with Crippen LogP contribution >= 0.6 is 0 Å². The highest BCUT2D eigenvalue weighted by Gasteiger charge is 2.21. The van der Waals surface area contributed by atoms with Gasteiger partial charge in [0.15, 0.2) is 0 Å². The van der Waals surface area contributed by atoms with Gasteiger partial charge in [0, 0.05) is 0 Å². The summed E-state index contributed by atoms with van der Waals surface area (Å²) in [7, 11) is 0. The molecule has 0 bridgehead atoms. The number of hydrogen-bond donors (Lipinski definition) is 0. The summed E-state index contributed by atoms with van der Waals surface area (Å²) in [4.78, 5) is 0. The fourth-order valence-electron chi connectivity index (χ4n) is 3.75. The zero-order valence-corrected chi connectivity index (χ0v) is 17.8. The molecule has 0 aliphatic rings. The molecule has 0 spiro atoms. The molecular weight excluding hydrogens is 516 g/mol. The Balaban J connectivity index is -0.0000000127. The van der Waals surface area contributed by atoms with Gasteiger partial charge in [0.05, 0.1) is 0 Å². The summed E-state index contributed by atoms with van der Waals surface area (Å²) in [5.74, 6) is 5.34. The minimum atomic E-state index is 0. The lowest BCUT2D eigenvalue weighted by Crippen LogP contribution is -2.18. The number of unbranched alkanes of at least 4 members (excludes halogenated alkanes) is 2. The molecule has 0 aromatic rings. The van der Waals surface area contributed by atoms with E-state index in [0.29, 0.717) is 0 Å². The van der Waals surface area contributed by atoms with E-state index in [2.05, 4.69) is 55.4 Å². The van der Waals surface area contributed by atoms with E-state index in [1.165, 1.54) is 57.8 Å². The van der Waals surface area contributed by atoms with Crippen LogP contribution in [0.4, 0.5) is 0 Å². The summed E-state index contributed by atoms with van der Waals surface area (Å²) in [6.07, 6.45) is 13.0. The van der Waals surface area contributed by atoms with Gasteiger partial charge in [0.25, 0.3) is 0 Å². The molecule has 0 N–H and O–H groups in total. The highest BCUT2D eigenvalue weighted by Crippen LogP contribution is 2.32. The number of rotatable bonds is 14. The van der Waals surface area contributed by atoms with Gasteiger partial charge in [-0.25, -0.2) is 0 Å². The highest BCUT2D eigenvalue weighted by molar-refractivity contribution is 4.72. The predicted molar refractivity (Wildman–Crippen MR) is 243 cm³/mol. The molecule has 0 heterocycles. The van der Waals surface area contributed by atoms with E-state index >= 15 is 0 Å². The molecule has 0 rings (SSSR count). The predicted octanol–water partition coefficient (Wildman–Crippen LogP) is 21.1. The molecule has 2 atom stereocenters. The Kier molecular flexibility index (Phi) is 353. The van der Waals surface area contributed by atoms with Crippen LogP contribution in [0.2, 0.25) is 0 Å². The van der Waals surface area contributed by atoms with Gasteiger partial charge in [-0.1, -0.05) is 255 Å². The van der Waals surface area contributed by atoms with Crippen molar-refractivity contribution in [1.82, 2.24) is 0 Å². The molecule has 0 aliphatic carbocycles. The molecular formula is C43H128. The summed E-state index contributed by atoms with van der Waals surface area (Å²) in [6.45, 7) is 19.2. The normalized spacial score (nSPS) is 8.09. The van der Waals surface area contributed by atoms with Gasteiger partial charge < -0.3 is 0 Å². The van der Waals surface area contributed by atoms with Crippen LogP contribution in [0.1, 0.15) is 262 Å². The summed E-state index contributed by atoms with van der Waals surface area (Å²) in [5.41, 5.74) is 0. The monoisotopic (exact) mass is 645 g/mol. The minimum Gasteiger partial charge on any atom is -0.0776 e. The largest absolute Gasteiger partial charge is 0.0776 e. The second-order valence-corrected chi connectivity index (χ2v) is 9.60. The van der Waals surface area contributed by atoms with E-state index in [1.54, 1.807) is 0 Å². The first-order valence-corrected chi connectivity index (χ1v) is 10.7. The Labute approximate surface area is 296 Å². The van der Waals surface area contributed by atoms with E-state index in [4.69, 9.17) is 0 Å². The molecule has 43 heavy (non-hydrogen) atoms. The van der Waals surface area contributed by atoms with E-state index in [0.717, 1.165) is 35.5 Å². The van der Waals surface area contributed by atoms with Gasteiger partial charge in [-0.15, -0.1) is 0 Å². The van der Waals surface area contributed by atoms with Crippen molar-refractivity contribution in [3.63, 3.8) is 0 Å². The molecule has 0 fully saturated rings. The molecule has 0 radical (unpaired) electrons. The van der Waals surface area contributed by atoms with Crippen LogP contribution in [0, 0.1) is 35.5 Å². The Hall–Kier alpha value is 0. The molecule has 0 amide bonds. The Bertz CT molecular complexity index is 223. The van der Waals surface area contributed by atoms with Gasteiger partial charge in [-0.2, -0.15) is 0 Å². The first-order chi connectivity index (χ1) is 10.7. The summed E-state index contributed by atoms with van der Waals surface area (Å²) < 4.78 is 0. The fraction of sp³-hybridized carbons (Fsp3) is 1.00. The van der Waals surface area contributed by atoms with Gasteiger partial charge in [-0.3, -0.25) is 0 Å². The van der Waals surface area contributed by atoms with Gasteiger partial charge in [0.2, 0.25) is 0 Å². The summed E-state index contributed by atoms with van der Waals surface area (Å²) in [6, 6.07) is 0. The lowest BCUT2D eigenvalue weighted by molar-refractivity contribution is 0.220. The topological polar surface area (TPSA) is 0 Å². The summed E-state index contributed by atoms with van der Waals surface area (Å²) >= 11 is 0. The van der Waals surface area contributed by atoms with Crippen molar-refractivity contribution in [2.75, 3.05) is 0 Å². The zero-order valence-electron chi connectivity index (χ0n) is 17.8. The quantitative estimate of drug-likeness (QED) is 0.165. The lowest BCUT2D eigenvalue weighted by Gasteiger charge is -2.29. The van der Waals surface area contributed by atoms with E-state index in [9.17, 15) is 0 Å². The first-order valence-electron chi connectivity index (χ1n) is 10.7. The average Bonchev–Trinajstić information content (AvgIpc) is 2.43. The smallest absolute Gasteiger partial charge is 0.0388 e. The van der Waals surface area contributed by atoms with Crippen LogP contribution in [-0.4, -0.2) is 0 Å². The molecule has 0 aromatic carbocycles. The van der Waals surface area contributed by atoms with E-state index in [-0.39, 0.29) is 149 Å². The van der Waals surface area contributed by atoms with Crippen LogP contribution in [0.15, 0.2) is 0 Å². The van der Waals surface area contributed by atoms with Crippen molar-refractivity contribution in [3.05, 3.63) is 0 Å². The maximum absolute atomic E-state index is 2.45. The van der Waals surface area contributed by atoms with Crippen molar-refractivity contribution in [3.8, 4) is 0 Å². The van der Waals surface area contributed by atoms with Gasteiger partial charge in [-0.05, 0) is 41.9 Å². The molecule has 0 saturated heterocycles. The first kappa shape index (κ1) is 157. The highest BCUT2D eigenvalue weighted by atomic mass is 14.3. The second-order valence-electron chi connectivity index (χ2n) is 9.60. The molecule has 0 saturated carbocycles. The van der Waals surface area contributed by atoms with Crippen molar-refractivity contribution in [1.29, 1.82) is 0 Å². The van der Waals surface area contributed by atoms with Crippen molar-refractivity contribution < 1.29 is 0 Å². The Morgan fingerprint density at radius 3 is 0.558 bits per heavy atom. The van der Waals surface area contributed by atoms with Crippen LogP contribution in [0.25, 0.3) is 0 Å². The molecule has 0 nitrogen and oxygen atoms in total. The van der Waals surface area contributed by atoms with Crippen LogP contribution < -0.4 is 0 Å². The SMILES string of the molecule is C.C.C.C.C.C.C.C.C.C.C.C.C.C.C.C.C.C.C.C.CC(C)CCCCC(CC(CCCCC(C)C)C(C)C)C(C)C. The maximum atomic E-state index is 2.45. The fourth-order valence-corrected chi connectivity index (χ4v) is 3.75. The maximum Gasteiger partial charge on any atom is -0.0388 e. The second kappa shape index (κ2) is 96.8. The van der Waals surface area contributed by atoms with Gasteiger partial charge in [0.1, 0.15) is 0 Å². The van der Waals surface area contributed by atoms with Crippen LogP contribution in [0.5, 0.6) is 0 Å². The van der Waals surface area contributed by atoms with Gasteiger partial charge >= 0.3 is 0 Å². The van der Waals surface area contributed by atoms with E-state index < -0.39 is 0 Å². The molecule has 300 valence electrons. The minimum absolute atomic E-state index is 0. The van der Waals surface area contributed by atoms with E-state index in [1.807, 2.05) is 0 Å². The van der Waals surface area contributed by atoms with Crippen molar-refractivity contribution >= 4 is 0 Å². The molecule has 2 unspecified atom stereocenters. The Morgan fingerprint density at radius 1 is 0.256 bits per heavy atom. The van der Waals surface area contributed by atoms with Crippen LogP contribution in [-0.2, 0) is 0 Å². The number of hydrogen-bond acceptors (Lipinski definition) is 0. The zero-order chi connectivity index (χ0) is 17.8. The average molecular weight is 645 g/mol. The molecule has 0 aromatic heterocycles. The third kappa shape index (κ3) is 99.4. The van der Waals surface area contributed by atoms with Crippen molar-refractivity contribution in [2.24, 2.45) is 35.5 Å². The summed E-state index contributed by atoms with van der Waals surface area (Å²) in [5, 5.41) is 0. The lowest BCUT2D eigenvalue weighted by atomic mass is 9.77. The molecule has 0 heteroatoms.